The normalized spacial score (nSPS) is 20.7. The molecule has 4 aromatic heterocycles. The van der Waals surface area contributed by atoms with E-state index in [1.165, 1.54) is 4.68 Å². The highest BCUT2D eigenvalue weighted by Gasteiger charge is 2.31. The minimum absolute atomic E-state index is 0.294. The lowest BCUT2D eigenvalue weighted by atomic mass is 10.2. The second-order valence-electron chi connectivity index (χ2n) is 8.63. The van der Waals surface area contributed by atoms with E-state index in [2.05, 4.69) is 30.9 Å². The molecule has 2 saturated carbocycles. The predicted molar refractivity (Wildman–Crippen MR) is 117 cm³/mol. The van der Waals surface area contributed by atoms with Crippen LogP contribution in [0.2, 0.25) is 0 Å². The number of pyridine rings is 1. The van der Waals surface area contributed by atoms with Gasteiger partial charge in [-0.15, -0.1) is 0 Å². The van der Waals surface area contributed by atoms with Crippen LogP contribution in [0.5, 0.6) is 0 Å². The van der Waals surface area contributed by atoms with E-state index in [4.69, 9.17) is 8.94 Å². The van der Waals surface area contributed by atoms with E-state index in [0.29, 0.717) is 46.4 Å². The van der Waals surface area contributed by atoms with Gasteiger partial charge in [-0.25, -0.2) is 4.98 Å². The molecule has 0 aliphatic heterocycles. The second-order valence-corrected chi connectivity index (χ2v) is 8.63. The summed E-state index contributed by atoms with van der Waals surface area (Å²) in [6.07, 6.45) is 8.53. The Morgan fingerprint density at radius 3 is 2.72 bits per heavy atom. The standard InChI is InChI=1S/C22H23N7O3/c1-12-8-14-10-24-29(21(30)19(14)31-12)17-6-7-18(23-11-17)25-15-4-5-16(9-15)26-22-27-20(32-28-22)13-2-3-13/h6-8,10-11,13,15-16H,2-5,9H2,1H3,(H,23,25)(H,26,28)/t15-,16-/m0/s1. The van der Waals surface area contributed by atoms with Crippen molar-refractivity contribution in [2.24, 2.45) is 0 Å². The highest BCUT2D eigenvalue weighted by Crippen LogP contribution is 2.39. The van der Waals surface area contributed by atoms with E-state index in [-0.39, 0.29) is 5.56 Å². The molecule has 10 nitrogen and oxygen atoms in total. The lowest BCUT2D eigenvalue weighted by molar-refractivity contribution is 0.379. The van der Waals surface area contributed by atoms with Gasteiger partial charge >= 0.3 is 5.56 Å². The van der Waals surface area contributed by atoms with Gasteiger partial charge in [0.15, 0.2) is 0 Å². The third-order valence-electron chi connectivity index (χ3n) is 6.06. The molecule has 0 saturated heterocycles. The van der Waals surface area contributed by atoms with Crippen molar-refractivity contribution in [2.75, 3.05) is 10.6 Å². The van der Waals surface area contributed by atoms with Crippen molar-refractivity contribution in [1.29, 1.82) is 0 Å². The summed E-state index contributed by atoms with van der Waals surface area (Å²) in [6.45, 7) is 1.81. The molecule has 4 heterocycles. The fraction of sp³-hybridized carbons (Fsp3) is 0.409. The molecular formula is C22H23N7O3. The molecule has 0 radical (unpaired) electrons. The van der Waals surface area contributed by atoms with Crippen LogP contribution in [-0.4, -0.2) is 37.0 Å². The van der Waals surface area contributed by atoms with E-state index >= 15 is 0 Å². The van der Waals surface area contributed by atoms with Crippen LogP contribution >= 0.6 is 0 Å². The lowest BCUT2D eigenvalue weighted by Gasteiger charge is -2.14. The molecule has 6 rings (SSSR count). The SMILES string of the molecule is Cc1cc2cnn(-c3ccc(N[C@H]4CC[C@H](Nc5noc(C6CC6)n5)C4)nc3)c(=O)c2o1. The largest absolute Gasteiger partial charge is 0.455 e. The summed E-state index contributed by atoms with van der Waals surface area (Å²) in [4.78, 5) is 21.6. The van der Waals surface area contributed by atoms with Crippen LogP contribution in [-0.2, 0) is 0 Å². The Morgan fingerprint density at radius 2 is 1.94 bits per heavy atom. The Balaban J connectivity index is 1.10. The Hall–Kier alpha value is -3.69. The van der Waals surface area contributed by atoms with Gasteiger partial charge in [0.1, 0.15) is 11.6 Å². The summed E-state index contributed by atoms with van der Waals surface area (Å²) >= 11 is 0. The van der Waals surface area contributed by atoms with Gasteiger partial charge in [0.05, 0.1) is 18.1 Å². The zero-order valence-electron chi connectivity index (χ0n) is 17.6. The average Bonchev–Trinajstić information content (AvgIpc) is 3.17. The molecule has 2 aliphatic rings. The van der Waals surface area contributed by atoms with Crippen molar-refractivity contribution in [3.63, 3.8) is 0 Å². The maximum Gasteiger partial charge on any atom is 0.315 e. The third-order valence-corrected chi connectivity index (χ3v) is 6.06. The smallest absolute Gasteiger partial charge is 0.315 e. The molecule has 2 aliphatic carbocycles. The van der Waals surface area contributed by atoms with Crippen LogP contribution in [0.15, 0.2) is 44.3 Å². The third kappa shape index (κ3) is 3.61. The Bertz CT molecular complexity index is 1320. The minimum atomic E-state index is -0.297. The van der Waals surface area contributed by atoms with Crippen LogP contribution < -0.4 is 16.2 Å². The molecule has 10 heteroatoms. The molecule has 2 atom stereocenters. The Morgan fingerprint density at radius 1 is 1.09 bits per heavy atom. The maximum absolute atomic E-state index is 12.7. The number of fused-ring (bicyclic) bond motifs is 1. The van der Waals surface area contributed by atoms with Crippen molar-refractivity contribution < 1.29 is 8.94 Å². The van der Waals surface area contributed by atoms with E-state index < -0.39 is 0 Å². The van der Waals surface area contributed by atoms with Crippen LogP contribution in [0, 0.1) is 6.92 Å². The second kappa shape index (κ2) is 7.47. The molecule has 0 unspecified atom stereocenters. The van der Waals surface area contributed by atoms with Gasteiger partial charge in [-0.1, -0.05) is 0 Å². The predicted octanol–water partition coefficient (Wildman–Crippen LogP) is 3.39. The van der Waals surface area contributed by atoms with Gasteiger partial charge in [-0.05, 0) is 62.4 Å². The zero-order chi connectivity index (χ0) is 21.7. The quantitative estimate of drug-likeness (QED) is 0.471. The van der Waals surface area contributed by atoms with E-state index in [1.54, 1.807) is 18.5 Å². The highest BCUT2D eigenvalue weighted by atomic mass is 16.5. The monoisotopic (exact) mass is 433 g/mol. The summed E-state index contributed by atoms with van der Waals surface area (Å²) in [7, 11) is 0. The number of anilines is 2. The molecule has 0 aromatic carbocycles. The molecule has 164 valence electrons. The van der Waals surface area contributed by atoms with Crippen molar-refractivity contribution in [3.05, 3.63) is 52.6 Å². The molecule has 2 N–H and O–H groups in total. The van der Waals surface area contributed by atoms with Gasteiger partial charge in [0, 0.05) is 23.4 Å². The zero-order valence-corrected chi connectivity index (χ0v) is 17.6. The number of furan rings is 1. The summed E-state index contributed by atoms with van der Waals surface area (Å²) in [5, 5.41) is 15.8. The number of hydrogen-bond acceptors (Lipinski definition) is 9. The van der Waals surface area contributed by atoms with Gasteiger partial charge in [-0.3, -0.25) is 4.79 Å². The summed E-state index contributed by atoms with van der Waals surface area (Å²) < 4.78 is 12.1. The van der Waals surface area contributed by atoms with Crippen molar-refractivity contribution in [3.8, 4) is 5.69 Å². The average molecular weight is 433 g/mol. The first-order chi connectivity index (χ1) is 15.6. The summed E-state index contributed by atoms with van der Waals surface area (Å²) in [5.74, 6) is 3.24. The van der Waals surface area contributed by atoms with Gasteiger partial charge in [0.25, 0.3) is 5.95 Å². The molecule has 0 amide bonds. The molecule has 32 heavy (non-hydrogen) atoms. The molecular weight excluding hydrogens is 410 g/mol. The number of aromatic nitrogens is 5. The first-order valence-corrected chi connectivity index (χ1v) is 10.9. The number of hydrogen-bond donors (Lipinski definition) is 2. The maximum atomic E-state index is 12.7. The van der Waals surface area contributed by atoms with E-state index in [0.717, 1.165) is 43.8 Å². The van der Waals surface area contributed by atoms with Gasteiger partial charge < -0.3 is 19.6 Å². The number of aryl methyl sites for hydroxylation is 1. The lowest BCUT2D eigenvalue weighted by Crippen LogP contribution is -2.22. The van der Waals surface area contributed by atoms with Gasteiger partial charge in [-0.2, -0.15) is 14.8 Å². The fourth-order valence-electron chi connectivity index (χ4n) is 4.27. The number of rotatable bonds is 6. The fourth-order valence-corrected chi connectivity index (χ4v) is 4.27. The first kappa shape index (κ1) is 19.0. The number of nitrogens with one attached hydrogen (secondary N) is 2. The Kier molecular flexibility index (Phi) is 4.44. The molecule has 2 fully saturated rings. The topological polar surface area (TPSA) is 124 Å². The number of nitrogens with zero attached hydrogens (tertiary/aromatic N) is 5. The van der Waals surface area contributed by atoms with E-state index in [9.17, 15) is 4.79 Å². The summed E-state index contributed by atoms with van der Waals surface area (Å²) in [5.41, 5.74) is 0.593. The van der Waals surface area contributed by atoms with Crippen LogP contribution in [0.25, 0.3) is 16.7 Å². The van der Waals surface area contributed by atoms with Crippen LogP contribution in [0.4, 0.5) is 11.8 Å². The Labute approximate surface area is 183 Å². The van der Waals surface area contributed by atoms with Crippen molar-refractivity contribution >= 4 is 22.7 Å². The highest BCUT2D eigenvalue weighted by molar-refractivity contribution is 5.75. The molecule has 0 spiro atoms. The van der Waals surface area contributed by atoms with Crippen molar-refractivity contribution in [1.82, 2.24) is 24.9 Å². The summed E-state index contributed by atoms with van der Waals surface area (Å²) in [6, 6.07) is 6.08. The van der Waals surface area contributed by atoms with Crippen molar-refractivity contribution in [2.45, 2.75) is 57.0 Å². The first-order valence-electron chi connectivity index (χ1n) is 10.9. The van der Waals surface area contributed by atoms with E-state index in [1.807, 2.05) is 19.1 Å². The molecule has 4 aromatic rings. The van der Waals surface area contributed by atoms with Gasteiger partial charge in [0.2, 0.25) is 11.5 Å². The molecule has 0 bridgehead atoms. The minimum Gasteiger partial charge on any atom is -0.455 e. The van der Waals surface area contributed by atoms with Crippen LogP contribution in [0.3, 0.4) is 0 Å². The van der Waals surface area contributed by atoms with Crippen LogP contribution in [0.1, 0.15) is 49.7 Å².